The Hall–Kier alpha value is -6.33. The van der Waals surface area contributed by atoms with Gasteiger partial charge in [-0.1, -0.05) is 86.9 Å². The highest BCUT2D eigenvalue weighted by molar-refractivity contribution is 6.29. The molecule has 0 atom stereocenters. The lowest BCUT2D eigenvalue weighted by molar-refractivity contribution is 0.855. The molecule has 0 spiro atoms. The molecule has 63 heavy (non-hydrogen) atoms. The van der Waals surface area contributed by atoms with Gasteiger partial charge < -0.3 is 13.4 Å². The predicted octanol–water partition coefficient (Wildman–Crippen LogP) is 12.9. The number of hydrogen-bond acceptors (Lipinski definition) is 6. The Kier molecular flexibility index (Phi) is 15.2. The Morgan fingerprint density at radius 1 is 0.492 bits per heavy atom. The fourth-order valence-corrected chi connectivity index (χ4v) is 6.99. The molecule has 0 aliphatic heterocycles. The first-order valence-electron chi connectivity index (χ1n) is 21.8. The highest BCUT2D eigenvalue weighted by Gasteiger charge is 2.06. The third kappa shape index (κ3) is 11.6. The second-order valence-electron chi connectivity index (χ2n) is 17.4. The van der Waals surface area contributed by atoms with E-state index in [1.807, 2.05) is 57.7 Å². The minimum atomic E-state index is 0.528. The van der Waals surface area contributed by atoms with E-state index in [0.717, 1.165) is 28.1 Å². The average Bonchev–Trinajstić information content (AvgIpc) is 4.13. The van der Waals surface area contributed by atoms with Crippen molar-refractivity contribution < 1.29 is 0 Å². The lowest BCUT2D eigenvalue weighted by Gasteiger charge is -2.05. The summed E-state index contributed by atoms with van der Waals surface area (Å²) in [6, 6.07) is 23.3. The summed E-state index contributed by atoms with van der Waals surface area (Å²) in [7, 11) is 2.02. The zero-order valence-corrected chi connectivity index (χ0v) is 39.6. The normalized spacial score (nSPS) is 11.3. The van der Waals surface area contributed by atoms with Crippen LogP contribution in [0.2, 0.25) is 5.15 Å². The number of aryl methyl sites for hydroxylation is 2. The zero-order valence-electron chi connectivity index (χ0n) is 38.8. The maximum absolute atomic E-state index is 5.90. The van der Waals surface area contributed by atoms with Crippen LogP contribution in [0.5, 0.6) is 0 Å². The van der Waals surface area contributed by atoms with Crippen LogP contribution < -0.4 is 0 Å². The van der Waals surface area contributed by atoms with Gasteiger partial charge in [0, 0.05) is 56.1 Å². The molecule has 0 fully saturated rings. The van der Waals surface area contributed by atoms with Crippen molar-refractivity contribution in [2.24, 2.45) is 7.05 Å². The number of halogens is 1. The number of hydrogen-bond donors (Lipinski definition) is 0. The molecule has 0 bridgehead atoms. The van der Waals surface area contributed by atoms with Gasteiger partial charge in [0.2, 0.25) is 0 Å². The van der Waals surface area contributed by atoms with E-state index >= 15 is 0 Å². The van der Waals surface area contributed by atoms with Crippen molar-refractivity contribution in [3.8, 4) is 0 Å². The molecular weight excluding hydrogens is 802 g/mol. The summed E-state index contributed by atoms with van der Waals surface area (Å²) in [5.41, 5.74) is 14.0. The second kappa shape index (κ2) is 20.7. The second-order valence-corrected chi connectivity index (χ2v) is 17.8. The standard InChI is InChI=1S/2C11H14N2.C10H11ClN2.C10H12N2.C9H11N3/c1-8(2)9-4-5-11-10(6-9)12-7-13(11)3;1-8(2)10-4-5-13-9(3)7-12-11(13)6-10;1-7(2)8-3-4-13-9(11)6-12-10(13)5-8;1-8(2)9-3-5-12-6-4-11-10(12)7-9;1-7(2)8-3-4-12-9(5-8)10-6-11-12/h2*4-8H,1-3H3;3-7H,1-2H3;3-8H,1-2H3;3-7H,1-2H3. The summed E-state index contributed by atoms with van der Waals surface area (Å²) >= 11 is 5.90. The maximum Gasteiger partial charge on any atom is 0.155 e. The summed E-state index contributed by atoms with van der Waals surface area (Å²) in [6.45, 7) is 23.9. The molecular formula is C51H62ClN11. The first kappa shape index (κ1) is 46.2. The van der Waals surface area contributed by atoms with Crippen LogP contribution in [0.1, 0.15) is 132 Å². The minimum Gasteiger partial charge on any atom is -0.334 e. The molecule has 0 saturated heterocycles. The average molecular weight is 865 g/mol. The first-order valence-corrected chi connectivity index (χ1v) is 22.2. The Balaban J connectivity index is 0.000000131. The lowest BCUT2D eigenvalue weighted by atomic mass is 10.0. The van der Waals surface area contributed by atoms with Crippen molar-refractivity contribution in [2.75, 3.05) is 0 Å². The molecule has 0 aliphatic carbocycles. The topological polar surface area (TPSA) is 99.9 Å². The summed E-state index contributed by atoms with van der Waals surface area (Å²) < 4.78 is 9.80. The number of imidazole rings is 4. The monoisotopic (exact) mass is 863 g/mol. The number of fused-ring (bicyclic) bond motifs is 5. The van der Waals surface area contributed by atoms with Gasteiger partial charge in [-0.3, -0.25) is 4.40 Å². The van der Waals surface area contributed by atoms with Crippen molar-refractivity contribution in [3.05, 3.63) is 168 Å². The molecule has 0 unspecified atom stereocenters. The van der Waals surface area contributed by atoms with Crippen LogP contribution in [0.25, 0.3) is 33.6 Å². The SMILES string of the molecule is CC(C)c1ccc2c(c1)ncn2C.CC(C)c1ccn2c(Cl)cnc2c1.CC(C)c1ccn2ccnc2c1.CC(C)c1ccn2ncnc2c1.Cc1cnc2cc(C(C)C)ccn12. The van der Waals surface area contributed by atoms with Gasteiger partial charge in [-0.15, -0.1) is 0 Å². The fourth-order valence-electron chi connectivity index (χ4n) is 6.79. The fraction of sp³-hybridized carbons (Fsp3) is 0.333. The first-order chi connectivity index (χ1) is 30.1. The summed E-state index contributed by atoms with van der Waals surface area (Å²) in [5.74, 6) is 2.80. The predicted molar refractivity (Wildman–Crippen MR) is 259 cm³/mol. The molecule has 9 aromatic heterocycles. The Labute approximate surface area is 376 Å². The Bertz CT molecular complexity index is 2730. The van der Waals surface area contributed by atoms with E-state index < -0.39 is 0 Å². The van der Waals surface area contributed by atoms with Crippen LogP contribution >= 0.6 is 11.6 Å². The van der Waals surface area contributed by atoms with Gasteiger partial charge in [0.1, 0.15) is 28.4 Å². The molecule has 10 rings (SSSR count). The molecule has 0 aliphatic rings. The largest absolute Gasteiger partial charge is 0.334 e. The maximum atomic E-state index is 5.90. The van der Waals surface area contributed by atoms with E-state index in [9.17, 15) is 0 Å². The third-order valence-corrected chi connectivity index (χ3v) is 11.3. The van der Waals surface area contributed by atoms with Gasteiger partial charge in [0.25, 0.3) is 0 Å². The molecule has 0 saturated carbocycles. The van der Waals surface area contributed by atoms with Crippen molar-refractivity contribution in [2.45, 2.75) is 106 Å². The van der Waals surface area contributed by atoms with Crippen molar-refractivity contribution in [1.82, 2.24) is 52.3 Å². The van der Waals surface area contributed by atoms with E-state index in [1.165, 1.54) is 39.0 Å². The van der Waals surface area contributed by atoms with Crippen LogP contribution in [0.3, 0.4) is 0 Å². The van der Waals surface area contributed by atoms with Crippen molar-refractivity contribution in [1.29, 1.82) is 0 Å². The van der Waals surface area contributed by atoms with E-state index in [4.69, 9.17) is 11.6 Å². The van der Waals surface area contributed by atoms with Gasteiger partial charge in [0.05, 0.1) is 23.6 Å². The quantitative estimate of drug-likeness (QED) is 0.171. The lowest BCUT2D eigenvalue weighted by Crippen LogP contribution is -1.91. The van der Waals surface area contributed by atoms with Gasteiger partial charge in [0.15, 0.2) is 5.65 Å². The Morgan fingerprint density at radius 2 is 1.02 bits per heavy atom. The molecule has 12 heteroatoms. The summed E-state index contributed by atoms with van der Waals surface area (Å²) in [6.07, 6.45) is 18.8. The highest BCUT2D eigenvalue weighted by atomic mass is 35.5. The van der Waals surface area contributed by atoms with Crippen LogP contribution in [0.15, 0.2) is 129 Å². The number of benzene rings is 1. The smallest absolute Gasteiger partial charge is 0.155 e. The van der Waals surface area contributed by atoms with Gasteiger partial charge in [-0.25, -0.2) is 29.4 Å². The molecule has 11 nitrogen and oxygen atoms in total. The van der Waals surface area contributed by atoms with E-state index in [0.29, 0.717) is 34.7 Å². The van der Waals surface area contributed by atoms with Crippen molar-refractivity contribution >= 4 is 45.2 Å². The van der Waals surface area contributed by atoms with E-state index in [1.54, 1.807) is 17.0 Å². The Morgan fingerprint density at radius 3 is 1.65 bits per heavy atom. The zero-order chi connectivity index (χ0) is 45.4. The number of aromatic nitrogens is 11. The molecule has 0 radical (unpaired) electrons. The summed E-state index contributed by atoms with van der Waals surface area (Å²) in [5, 5.41) is 4.68. The van der Waals surface area contributed by atoms with Crippen LogP contribution in [-0.2, 0) is 7.05 Å². The van der Waals surface area contributed by atoms with E-state index in [2.05, 4.69) is 190 Å². The molecule has 0 N–H and O–H groups in total. The molecule has 328 valence electrons. The van der Waals surface area contributed by atoms with Gasteiger partial charge in [-0.2, -0.15) is 5.10 Å². The molecule has 10 aromatic rings. The summed E-state index contributed by atoms with van der Waals surface area (Å²) in [4.78, 5) is 21.2. The third-order valence-electron chi connectivity index (χ3n) is 11.0. The van der Waals surface area contributed by atoms with Gasteiger partial charge >= 0.3 is 0 Å². The van der Waals surface area contributed by atoms with Crippen LogP contribution in [0.4, 0.5) is 0 Å². The van der Waals surface area contributed by atoms with Crippen LogP contribution in [-0.4, -0.2) is 52.3 Å². The van der Waals surface area contributed by atoms with E-state index in [-0.39, 0.29) is 0 Å². The van der Waals surface area contributed by atoms with Crippen LogP contribution in [0, 0.1) is 6.92 Å². The number of pyridine rings is 4. The molecule has 9 heterocycles. The number of nitrogens with zero attached hydrogens (tertiary/aromatic N) is 11. The minimum absolute atomic E-state index is 0.528. The molecule has 1 aromatic carbocycles. The molecule has 0 amide bonds. The van der Waals surface area contributed by atoms with Gasteiger partial charge in [-0.05, 0) is 125 Å². The highest BCUT2D eigenvalue weighted by Crippen LogP contribution is 2.21. The van der Waals surface area contributed by atoms with Crippen molar-refractivity contribution in [3.63, 3.8) is 0 Å². The number of rotatable bonds is 5.